The predicted molar refractivity (Wildman–Crippen MR) is 153 cm³/mol. The van der Waals surface area contributed by atoms with Crippen LogP contribution in [-0.2, 0) is 4.79 Å². The molecule has 38 heavy (non-hydrogen) atoms. The number of piperazine rings is 1. The van der Waals surface area contributed by atoms with Gasteiger partial charge in [-0.25, -0.2) is 15.0 Å². The van der Waals surface area contributed by atoms with E-state index >= 15 is 0 Å². The van der Waals surface area contributed by atoms with Gasteiger partial charge in [0.05, 0.1) is 11.6 Å². The summed E-state index contributed by atoms with van der Waals surface area (Å²) in [5.41, 5.74) is 3.70. The van der Waals surface area contributed by atoms with Crippen molar-refractivity contribution in [2.45, 2.75) is 26.9 Å². The van der Waals surface area contributed by atoms with E-state index in [2.05, 4.69) is 38.1 Å². The molecule has 1 amide bonds. The molecule has 0 bridgehead atoms. The van der Waals surface area contributed by atoms with Crippen LogP contribution in [0.1, 0.15) is 25.0 Å². The zero-order valence-electron chi connectivity index (χ0n) is 22.0. The molecule has 1 aliphatic heterocycles. The maximum absolute atomic E-state index is 12.6. The fourth-order valence-electron chi connectivity index (χ4n) is 4.49. The topological polar surface area (TPSA) is 83.5 Å². The molecular weight excluding hydrogens is 476 g/mol. The Morgan fingerprint density at radius 1 is 0.974 bits per heavy atom. The number of amides is 1. The number of nitrogens with zero attached hydrogens (tertiary/aromatic N) is 5. The van der Waals surface area contributed by atoms with Gasteiger partial charge < -0.3 is 19.9 Å². The van der Waals surface area contributed by atoms with Crippen molar-refractivity contribution in [3.05, 3.63) is 84.2 Å². The third-order valence-electron chi connectivity index (χ3n) is 6.39. The smallest absolute Gasteiger partial charge is 0.248 e. The van der Waals surface area contributed by atoms with Gasteiger partial charge in [-0.15, -0.1) is 0 Å². The molecule has 1 N–H and O–H groups in total. The van der Waals surface area contributed by atoms with Gasteiger partial charge in [-0.2, -0.15) is 0 Å². The molecule has 1 aliphatic rings. The fourth-order valence-corrected chi connectivity index (χ4v) is 4.49. The standard InChI is InChI=1S/C30H32N6O2/c1-21(2)38-25-9-5-23(6-10-25)7-12-29(37)33-24-8-11-27-26(20-24)22(3)19-28(34-27)35-15-17-36(18-16-35)30-31-13-4-14-32-30/h4-14,19-21H,15-18H2,1-3H3,(H,33,37). The van der Waals surface area contributed by atoms with E-state index in [0.29, 0.717) is 0 Å². The first-order chi connectivity index (χ1) is 18.4. The second kappa shape index (κ2) is 11.3. The van der Waals surface area contributed by atoms with Crippen LogP contribution in [-0.4, -0.2) is 53.1 Å². The molecule has 0 unspecified atom stereocenters. The average Bonchev–Trinajstić information content (AvgIpc) is 2.93. The Kier molecular flexibility index (Phi) is 7.49. The first-order valence-electron chi connectivity index (χ1n) is 12.9. The number of fused-ring (bicyclic) bond motifs is 1. The summed E-state index contributed by atoms with van der Waals surface area (Å²) >= 11 is 0. The molecule has 5 rings (SSSR count). The number of hydrogen-bond donors (Lipinski definition) is 1. The summed E-state index contributed by atoms with van der Waals surface area (Å²) in [5.74, 6) is 2.37. The summed E-state index contributed by atoms with van der Waals surface area (Å²) in [4.78, 5) is 30.7. The quantitative estimate of drug-likeness (QED) is 0.348. The van der Waals surface area contributed by atoms with E-state index in [1.54, 1.807) is 18.5 Å². The molecule has 1 saturated heterocycles. The van der Waals surface area contributed by atoms with Gasteiger partial charge in [-0.3, -0.25) is 4.79 Å². The van der Waals surface area contributed by atoms with Gasteiger partial charge in [0.1, 0.15) is 11.6 Å². The van der Waals surface area contributed by atoms with Crippen LogP contribution in [0.4, 0.5) is 17.5 Å². The van der Waals surface area contributed by atoms with Crippen molar-refractivity contribution in [3.63, 3.8) is 0 Å². The summed E-state index contributed by atoms with van der Waals surface area (Å²) in [7, 11) is 0. The number of pyridine rings is 1. The molecule has 4 aromatic rings. The van der Waals surface area contributed by atoms with Gasteiger partial charge in [0.15, 0.2) is 0 Å². The first-order valence-corrected chi connectivity index (χ1v) is 12.9. The van der Waals surface area contributed by atoms with Crippen LogP contribution < -0.4 is 19.9 Å². The van der Waals surface area contributed by atoms with Crippen LogP contribution in [0.25, 0.3) is 17.0 Å². The zero-order valence-corrected chi connectivity index (χ0v) is 22.0. The summed E-state index contributed by atoms with van der Waals surface area (Å²) < 4.78 is 5.66. The van der Waals surface area contributed by atoms with E-state index in [-0.39, 0.29) is 12.0 Å². The van der Waals surface area contributed by atoms with E-state index in [1.807, 2.05) is 62.4 Å². The molecule has 0 spiro atoms. The molecule has 0 radical (unpaired) electrons. The minimum atomic E-state index is -0.186. The molecule has 0 saturated carbocycles. The molecular formula is C30H32N6O2. The summed E-state index contributed by atoms with van der Waals surface area (Å²) in [6.07, 6.45) is 7.01. The lowest BCUT2D eigenvalue weighted by Gasteiger charge is -2.35. The lowest BCUT2D eigenvalue weighted by Crippen LogP contribution is -2.47. The Hall–Kier alpha value is -4.46. The highest BCUT2D eigenvalue weighted by atomic mass is 16.5. The molecule has 8 nitrogen and oxygen atoms in total. The number of carbonyl (C=O) groups is 1. The highest BCUT2D eigenvalue weighted by Crippen LogP contribution is 2.26. The number of anilines is 3. The maximum Gasteiger partial charge on any atom is 0.248 e. The van der Waals surface area contributed by atoms with E-state index in [9.17, 15) is 4.79 Å². The number of aryl methyl sites for hydroxylation is 1. The number of carbonyl (C=O) groups excluding carboxylic acids is 1. The van der Waals surface area contributed by atoms with Crippen molar-refractivity contribution >= 4 is 40.3 Å². The third-order valence-corrected chi connectivity index (χ3v) is 6.39. The molecule has 8 heteroatoms. The Bertz CT molecular complexity index is 1430. The highest BCUT2D eigenvalue weighted by Gasteiger charge is 2.20. The van der Waals surface area contributed by atoms with Crippen LogP contribution >= 0.6 is 0 Å². The van der Waals surface area contributed by atoms with Crippen LogP contribution in [0.15, 0.2) is 73.1 Å². The van der Waals surface area contributed by atoms with Gasteiger partial charge in [0, 0.05) is 55.7 Å². The van der Waals surface area contributed by atoms with Crippen molar-refractivity contribution in [2.24, 2.45) is 0 Å². The molecule has 2 aromatic carbocycles. The fraction of sp³-hybridized carbons (Fsp3) is 0.267. The third kappa shape index (κ3) is 6.08. The SMILES string of the molecule is Cc1cc(N2CCN(c3ncccn3)CC2)nc2ccc(NC(=O)C=Cc3ccc(OC(C)C)cc3)cc12. The molecule has 194 valence electrons. The second-order valence-corrected chi connectivity index (χ2v) is 9.61. The summed E-state index contributed by atoms with van der Waals surface area (Å²) in [6.45, 7) is 9.46. The number of benzene rings is 2. The number of nitrogens with one attached hydrogen (secondary N) is 1. The lowest BCUT2D eigenvalue weighted by molar-refractivity contribution is -0.111. The molecule has 3 heterocycles. The largest absolute Gasteiger partial charge is 0.491 e. The minimum absolute atomic E-state index is 0.126. The molecule has 1 fully saturated rings. The number of hydrogen-bond acceptors (Lipinski definition) is 7. The van der Waals surface area contributed by atoms with Crippen LogP contribution in [0.5, 0.6) is 5.75 Å². The first kappa shape index (κ1) is 25.2. The van der Waals surface area contributed by atoms with Gasteiger partial charge in [-0.1, -0.05) is 12.1 Å². The Balaban J connectivity index is 1.22. The molecule has 2 aromatic heterocycles. The number of aromatic nitrogens is 3. The Labute approximate surface area is 223 Å². The minimum Gasteiger partial charge on any atom is -0.491 e. The van der Waals surface area contributed by atoms with Gasteiger partial charge >= 0.3 is 0 Å². The van der Waals surface area contributed by atoms with Crippen LogP contribution in [0.2, 0.25) is 0 Å². The monoisotopic (exact) mass is 508 g/mol. The Morgan fingerprint density at radius 3 is 2.39 bits per heavy atom. The van der Waals surface area contributed by atoms with Crippen molar-refractivity contribution in [1.29, 1.82) is 0 Å². The van der Waals surface area contributed by atoms with E-state index < -0.39 is 0 Å². The number of ether oxygens (including phenoxy) is 1. The van der Waals surface area contributed by atoms with Gasteiger partial charge in [-0.05, 0) is 80.4 Å². The van der Waals surface area contributed by atoms with E-state index in [1.165, 1.54) is 6.08 Å². The van der Waals surface area contributed by atoms with Crippen molar-refractivity contribution in [1.82, 2.24) is 15.0 Å². The van der Waals surface area contributed by atoms with Crippen molar-refractivity contribution in [3.8, 4) is 5.75 Å². The van der Waals surface area contributed by atoms with Crippen molar-refractivity contribution in [2.75, 3.05) is 41.3 Å². The second-order valence-electron chi connectivity index (χ2n) is 9.61. The average molecular weight is 509 g/mol. The van der Waals surface area contributed by atoms with E-state index in [4.69, 9.17) is 9.72 Å². The lowest BCUT2D eigenvalue weighted by atomic mass is 10.1. The maximum atomic E-state index is 12.6. The highest BCUT2D eigenvalue weighted by molar-refractivity contribution is 6.03. The summed E-state index contributed by atoms with van der Waals surface area (Å²) in [5, 5.41) is 3.98. The predicted octanol–water partition coefficient (Wildman–Crippen LogP) is 5.10. The summed E-state index contributed by atoms with van der Waals surface area (Å²) in [6, 6.07) is 17.5. The van der Waals surface area contributed by atoms with Gasteiger partial charge in [0.2, 0.25) is 11.9 Å². The van der Waals surface area contributed by atoms with Crippen molar-refractivity contribution < 1.29 is 9.53 Å². The van der Waals surface area contributed by atoms with E-state index in [0.717, 1.165) is 71.4 Å². The zero-order chi connectivity index (χ0) is 26.5. The molecule has 0 aliphatic carbocycles. The van der Waals surface area contributed by atoms with Crippen LogP contribution in [0.3, 0.4) is 0 Å². The number of rotatable bonds is 7. The normalized spacial score (nSPS) is 13.9. The van der Waals surface area contributed by atoms with Crippen LogP contribution in [0, 0.1) is 6.92 Å². The molecule has 0 atom stereocenters. The van der Waals surface area contributed by atoms with Gasteiger partial charge in [0.25, 0.3) is 0 Å². The Morgan fingerprint density at radius 2 is 1.68 bits per heavy atom.